The monoisotopic (exact) mass is 533 g/mol. The minimum absolute atomic E-state index is 0.118. The third kappa shape index (κ3) is 9.52. The number of carbonyl (C=O) groups is 3. The number of aryl methyl sites for hydroxylation is 1. The molecule has 3 unspecified atom stereocenters. The summed E-state index contributed by atoms with van der Waals surface area (Å²) in [6.45, 7) is 19.4. The highest BCUT2D eigenvalue weighted by atomic mass is 16.6. The van der Waals surface area contributed by atoms with Crippen molar-refractivity contribution in [3.63, 3.8) is 0 Å². The van der Waals surface area contributed by atoms with Crippen LogP contribution in [0.5, 0.6) is 5.75 Å². The van der Waals surface area contributed by atoms with Gasteiger partial charge in [-0.25, -0.2) is 4.79 Å². The molecule has 1 rings (SSSR count). The van der Waals surface area contributed by atoms with Crippen molar-refractivity contribution in [3.05, 3.63) is 29.3 Å². The molecule has 3 amide bonds. The lowest BCUT2D eigenvalue weighted by Crippen LogP contribution is -2.60. The van der Waals surface area contributed by atoms with E-state index in [1.165, 1.54) is 0 Å². The van der Waals surface area contributed by atoms with Crippen molar-refractivity contribution in [2.24, 2.45) is 5.92 Å². The molecule has 0 aliphatic heterocycles. The first kappa shape index (κ1) is 33.3. The zero-order valence-corrected chi connectivity index (χ0v) is 25.2. The van der Waals surface area contributed by atoms with E-state index in [1.54, 1.807) is 50.8 Å². The summed E-state index contributed by atoms with van der Waals surface area (Å²) in [6.07, 6.45) is 3.39. The smallest absolute Gasteiger partial charge is 0.408 e. The van der Waals surface area contributed by atoms with Crippen molar-refractivity contribution in [1.82, 2.24) is 15.5 Å². The van der Waals surface area contributed by atoms with Gasteiger partial charge in [-0.2, -0.15) is 0 Å². The summed E-state index contributed by atoms with van der Waals surface area (Å²) >= 11 is 0. The number of phenolic OH excluding ortho intramolecular Hbond substituents is 1. The molecule has 216 valence electrons. The Morgan fingerprint density at radius 2 is 1.68 bits per heavy atom. The van der Waals surface area contributed by atoms with Gasteiger partial charge in [0.15, 0.2) is 0 Å². The number of nitrogens with one attached hydrogen (secondary N) is 2. The van der Waals surface area contributed by atoms with Crippen LogP contribution in [0.25, 0.3) is 0 Å². The Kier molecular flexibility index (Phi) is 12.6. The van der Waals surface area contributed by atoms with Gasteiger partial charge in [0, 0.05) is 12.1 Å². The first-order chi connectivity index (χ1) is 17.6. The van der Waals surface area contributed by atoms with E-state index in [4.69, 9.17) is 4.74 Å². The van der Waals surface area contributed by atoms with Crippen LogP contribution in [0.1, 0.15) is 112 Å². The Bertz CT molecular complexity index is 938. The molecule has 0 radical (unpaired) electrons. The van der Waals surface area contributed by atoms with Gasteiger partial charge in [-0.05, 0) is 83.6 Å². The first-order valence-corrected chi connectivity index (χ1v) is 14.0. The normalized spacial score (nSPS) is 14.3. The largest absolute Gasteiger partial charge is 0.508 e. The molecule has 0 saturated carbocycles. The van der Waals surface area contributed by atoms with Gasteiger partial charge in [0.1, 0.15) is 23.4 Å². The van der Waals surface area contributed by atoms with Crippen LogP contribution in [0.15, 0.2) is 18.2 Å². The van der Waals surface area contributed by atoms with Crippen LogP contribution < -0.4 is 10.6 Å². The molecule has 0 aliphatic carbocycles. The fourth-order valence-electron chi connectivity index (χ4n) is 4.16. The molecular formula is C30H51N3O5. The number of ether oxygens (including phenoxy) is 1. The molecule has 0 aromatic heterocycles. The van der Waals surface area contributed by atoms with E-state index in [9.17, 15) is 19.5 Å². The highest BCUT2D eigenvalue weighted by Gasteiger charge is 2.44. The van der Waals surface area contributed by atoms with Crippen LogP contribution in [-0.2, 0) is 14.3 Å². The minimum Gasteiger partial charge on any atom is -0.508 e. The predicted molar refractivity (Wildman–Crippen MR) is 152 cm³/mol. The second kappa shape index (κ2) is 14.4. The summed E-state index contributed by atoms with van der Waals surface area (Å²) < 4.78 is 5.47. The van der Waals surface area contributed by atoms with E-state index in [0.29, 0.717) is 30.5 Å². The van der Waals surface area contributed by atoms with Gasteiger partial charge >= 0.3 is 6.09 Å². The van der Waals surface area contributed by atoms with Crippen molar-refractivity contribution in [2.75, 3.05) is 6.54 Å². The number of nitrogens with zero attached hydrogens (tertiary/aromatic N) is 1. The lowest BCUT2D eigenvalue weighted by atomic mass is 9.89. The number of phenols is 1. The summed E-state index contributed by atoms with van der Waals surface area (Å²) in [6, 6.07) is 3.13. The van der Waals surface area contributed by atoms with Crippen molar-refractivity contribution in [3.8, 4) is 5.75 Å². The molecule has 1 aromatic carbocycles. The number of alkyl carbamates (subject to hydrolysis) is 1. The molecule has 1 aromatic rings. The molecule has 38 heavy (non-hydrogen) atoms. The average molecular weight is 534 g/mol. The van der Waals surface area contributed by atoms with Gasteiger partial charge in [-0.15, -0.1) is 0 Å². The third-order valence-corrected chi connectivity index (χ3v) is 7.03. The maximum Gasteiger partial charge on any atom is 0.408 e. The molecule has 0 spiro atoms. The van der Waals surface area contributed by atoms with E-state index in [-0.39, 0.29) is 23.5 Å². The van der Waals surface area contributed by atoms with Crippen molar-refractivity contribution < 1.29 is 24.2 Å². The topological polar surface area (TPSA) is 108 Å². The number of amides is 3. The highest BCUT2D eigenvalue weighted by Crippen LogP contribution is 2.34. The van der Waals surface area contributed by atoms with Crippen LogP contribution in [0, 0.1) is 12.8 Å². The zero-order valence-electron chi connectivity index (χ0n) is 25.2. The zero-order chi connectivity index (χ0) is 29.3. The van der Waals surface area contributed by atoms with Gasteiger partial charge in [0.25, 0.3) is 0 Å². The van der Waals surface area contributed by atoms with Gasteiger partial charge in [-0.3, -0.25) is 9.59 Å². The lowest BCUT2D eigenvalue weighted by Gasteiger charge is -2.45. The van der Waals surface area contributed by atoms with Gasteiger partial charge in [-0.1, -0.05) is 53.0 Å². The summed E-state index contributed by atoms with van der Waals surface area (Å²) in [5, 5.41) is 16.0. The second-order valence-electron chi connectivity index (χ2n) is 11.8. The molecule has 0 saturated heterocycles. The Hall–Kier alpha value is -2.77. The summed E-state index contributed by atoms with van der Waals surface area (Å²) in [7, 11) is 0. The second-order valence-corrected chi connectivity index (χ2v) is 11.8. The Labute approximate surface area is 229 Å². The number of hydrogen-bond acceptors (Lipinski definition) is 5. The summed E-state index contributed by atoms with van der Waals surface area (Å²) in [4.78, 5) is 42.6. The van der Waals surface area contributed by atoms with Crippen LogP contribution in [-0.4, -0.2) is 51.6 Å². The molecule has 8 nitrogen and oxygen atoms in total. The van der Waals surface area contributed by atoms with Crippen molar-refractivity contribution in [1.29, 1.82) is 0 Å². The van der Waals surface area contributed by atoms with E-state index in [2.05, 4.69) is 17.6 Å². The molecule has 0 fully saturated rings. The Morgan fingerprint density at radius 3 is 2.18 bits per heavy atom. The number of aromatic hydroxyl groups is 1. The van der Waals surface area contributed by atoms with E-state index < -0.39 is 29.3 Å². The average Bonchev–Trinajstić information content (AvgIpc) is 2.83. The fraction of sp³-hybridized carbons (Fsp3) is 0.700. The molecular weight excluding hydrogens is 482 g/mol. The first-order valence-electron chi connectivity index (χ1n) is 14.0. The van der Waals surface area contributed by atoms with Crippen LogP contribution in [0.4, 0.5) is 4.79 Å². The molecule has 0 bridgehead atoms. The maximum atomic E-state index is 14.4. The quantitative estimate of drug-likeness (QED) is 0.269. The molecule has 3 atom stereocenters. The lowest BCUT2D eigenvalue weighted by molar-refractivity contribution is -0.150. The fourth-order valence-corrected chi connectivity index (χ4v) is 4.16. The number of rotatable bonds is 13. The predicted octanol–water partition coefficient (Wildman–Crippen LogP) is 6.00. The van der Waals surface area contributed by atoms with Crippen molar-refractivity contribution in [2.45, 2.75) is 125 Å². The maximum absolute atomic E-state index is 14.4. The number of benzene rings is 1. The van der Waals surface area contributed by atoms with E-state index >= 15 is 0 Å². The number of carbonyl (C=O) groups excluding carboxylic acids is 3. The number of unbranched alkanes of at least 4 members (excludes halogenated alkanes) is 2. The third-order valence-electron chi connectivity index (χ3n) is 7.03. The van der Waals surface area contributed by atoms with Gasteiger partial charge in [0.2, 0.25) is 11.8 Å². The minimum atomic E-state index is -0.953. The van der Waals surface area contributed by atoms with Gasteiger partial charge < -0.3 is 25.4 Å². The molecule has 0 heterocycles. The van der Waals surface area contributed by atoms with Crippen LogP contribution in [0.3, 0.4) is 0 Å². The van der Waals surface area contributed by atoms with E-state index in [0.717, 1.165) is 19.3 Å². The number of hydrogen-bond donors (Lipinski definition) is 3. The Balaban J connectivity index is 3.65. The summed E-state index contributed by atoms with van der Waals surface area (Å²) in [5.41, 5.74) is -0.239. The molecule has 0 aliphatic rings. The molecule has 3 N–H and O–H groups in total. The Morgan fingerprint density at radius 1 is 1.05 bits per heavy atom. The van der Waals surface area contributed by atoms with Crippen molar-refractivity contribution >= 4 is 17.9 Å². The SMILES string of the molecule is CCCCCNC(=O)C(c1ccc(O)c(C)c1)N(C(=O)C(NC(=O)OC(C)(C)C)C(C)CC)C(C)(C)CC. The standard InChI is InChI=1S/C30H51N3O5/c1-11-14-15-18-31-26(35)25(22-16-17-23(34)21(5)19-22)33(30(9,10)13-3)27(36)24(20(4)12-2)32-28(37)38-29(6,7)8/h16-17,19-20,24-25,34H,11-15,18H2,1-10H3,(H,31,35)(H,32,37). The molecule has 8 heteroatoms. The summed E-state index contributed by atoms with van der Waals surface area (Å²) in [5.74, 6) is -0.731. The van der Waals surface area contributed by atoms with E-state index in [1.807, 2.05) is 34.6 Å². The van der Waals surface area contributed by atoms with Crippen LogP contribution in [0.2, 0.25) is 0 Å². The van der Waals surface area contributed by atoms with Crippen LogP contribution >= 0.6 is 0 Å². The highest BCUT2D eigenvalue weighted by molar-refractivity contribution is 5.93. The van der Waals surface area contributed by atoms with Gasteiger partial charge in [0.05, 0.1) is 0 Å².